The van der Waals surface area contributed by atoms with Gasteiger partial charge in [-0.15, -0.1) is 5.10 Å². The Morgan fingerprint density at radius 1 is 1.32 bits per heavy atom. The van der Waals surface area contributed by atoms with Crippen LogP contribution in [0.5, 0.6) is 0 Å². The van der Waals surface area contributed by atoms with Crippen molar-refractivity contribution < 1.29 is 8.42 Å². The van der Waals surface area contributed by atoms with Gasteiger partial charge in [0.1, 0.15) is 0 Å². The van der Waals surface area contributed by atoms with Gasteiger partial charge in [0.15, 0.2) is 0 Å². The fourth-order valence-corrected chi connectivity index (χ4v) is 2.39. The van der Waals surface area contributed by atoms with Gasteiger partial charge < -0.3 is 5.73 Å². The molecule has 1 atom stereocenters. The van der Waals surface area contributed by atoms with Crippen molar-refractivity contribution in [3.05, 3.63) is 29.8 Å². The number of aryl methyl sites for hydroxylation is 1. The number of nitrogens with two attached hydrogens (primary N) is 1. The molecule has 0 amide bonds. The molecule has 8 nitrogen and oxygen atoms in total. The SMILES string of the molecule is C[C@H](N)c1ccc(S(=O)(=O)Nc2nnn(C)n2)cc1. The molecule has 0 aliphatic carbocycles. The van der Waals surface area contributed by atoms with Gasteiger partial charge >= 0.3 is 0 Å². The maximum atomic E-state index is 12.0. The van der Waals surface area contributed by atoms with Crippen LogP contribution < -0.4 is 10.5 Å². The van der Waals surface area contributed by atoms with Gasteiger partial charge in [-0.1, -0.05) is 17.2 Å². The van der Waals surface area contributed by atoms with Crippen LogP contribution in [0.4, 0.5) is 5.95 Å². The van der Waals surface area contributed by atoms with E-state index >= 15 is 0 Å². The number of hydrogen-bond donors (Lipinski definition) is 2. The molecule has 0 saturated carbocycles. The molecule has 9 heteroatoms. The molecule has 1 aromatic carbocycles. The van der Waals surface area contributed by atoms with E-state index in [1.165, 1.54) is 12.1 Å². The lowest BCUT2D eigenvalue weighted by Crippen LogP contribution is -2.14. The van der Waals surface area contributed by atoms with Crippen LogP contribution in [0.1, 0.15) is 18.5 Å². The standard InChI is InChI=1S/C10H14N6O2S/c1-7(11)8-3-5-9(6-4-8)19(17,18)14-10-12-15-16(2)13-10/h3-7H,11H2,1-2H3,(H,13,14)/t7-/m0/s1. The Bertz CT molecular complexity index is 662. The molecule has 102 valence electrons. The van der Waals surface area contributed by atoms with Gasteiger partial charge in [0.2, 0.25) is 0 Å². The van der Waals surface area contributed by atoms with E-state index in [2.05, 4.69) is 20.1 Å². The zero-order valence-electron chi connectivity index (χ0n) is 10.5. The first kappa shape index (κ1) is 13.4. The van der Waals surface area contributed by atoms with Crippen LogP contribution in [-0.4, -0.2) is 28.6 Å². The number of aromatic nitrogens is 4. The summed E-state index contributed by atoms with van der Waals surface area (Å²) in [5, 5.41) is 10.9. The van der Waals surface area contributed by atoms with E-state index in [-0.39, 0.29) is 16.9 Å². The summed E-state index contributed by atoms with van der Waals surface area (Å²) in [5.74, 6) is -0.0706. The van der Waals surface area contributed by atoms with E-state index in [0.29, 0.717) is 0 Å². The number of sulfonamides is 1. The maximum absolute atomic E-state index is 12.0. The van der Waals surface area contributed by atoms with E-state index in [1.54, 1.807) is 19.2 Å². The molecule has 0 saturated heterocycles. The van der Waals surface area contributed by atoms with Gasteiger partial charge in [0.25, 0.3) is 16.0 Å². The monoisotopic (exact) mass is 282 g/mol. The van der Waals surface area contributed by atoms with Gasteiger partial charge in [-0.2, -0.15) is 4.80 Å². The lowest BCUT2D eigenvalue weighted by Gasteiger charge is -2.07. The lowest BCUT2D eigenvalue weighted by molar-refractivity contribution is 0.600. The van der Waals surface area contributed by atoms with Crippen LogP contribution in [0.25, 0.3) is 0 Å². The van der Waals surface area contributed by atoms with Gasteiger partial charge in [-0.3, -0.25) is 0 Å². The number of nitrogens with zero attached hydrogens (tertiary/aromatic N) is 4. The van der Waals surface area contributed by atoms with Crippen LogP contribution in [0.15, 0.2) is 29.2 Å². The summed E-state index contributed by atoms with van der Waals surface area (Å²) in [6.07, 6.45) is 0. The van der Waals surface area contributed by atoms with Crippen molar-refractivity contribution >= 4 is 16.0 Å². The number of rotatable bonds is 4. The van der Waals surface area contributed by atoms with Crippen LogP contribution in [0, 0.1) is 0 Å². The normalized spacial score (nSPS) is 13.2. The van der Waals surface area contributed by atoms with Crippen LogP contribution in [0.2, 0.25) is 0 Å². The van der Waals surface area contributed by atoms with Crippen LogP contribution in [-0.2, 0) is 17.1 Å². The van der Waals surface area contributed by atoms with Crippen molar-refractivity contribution in [3.63, 3.8) is 0 Å². The van der Waals surface area contributed by atoms with Crippen molar-refractivity contribution in [2.75, 3.05) is 4.72 Å². The summed E-state index contributed by atoms with van der Waals surface area (Å²) in [7, 11) is -2.17. The van der Waals surface area contributed by atoms with Crippen LogP contribution >= 0.6 is 0 Å². The predicted molar refractivity (Wildman–Crippen MR) is 68.7 cm³/mol. The number of benzene rings is 1. The average molecular weight is 282 g/mol. The summed E-state index contributed by atoms with van der Waals surface area (Å²) in [6.45, 7) is 1.82. The Morgan fingerprint density at radius 3 is 2.42 bits per heavy atom. The number of tetrazole rings is 1. The highest BCUT2D eigenvalue weighted by Crippen LogP contribution is 2.16. The van der Waals surface area contributed by atoms with E-state index in [0.717, 1.165) is 10.4 Å². The zero-order chi connectivity index (χ0) is 14.0. The first-order valence-corrected chi connectivity index (χ1v) is 6.99. The molecule has 0 bridgehead atoms. The van der Waals surface area contributed by atoms with Crippen molar-refractivity contribution in [1.82, 2.24) is 20.2 Å². The van der Waals surface area contributed by atoms with E-state index < -0.39 is 10.0 Å². The fraction of sp³-hybridized carbons (Fsp3) is 0.300. The highest BCUT2D eigenvalue weighted by atomic mass is 32.2. The minimum absolute atomic E-state index is 0.0706. The van der Waals surface area contributed by atoms with Gasteiger partial charge in [-0.25, -0.2) is 13.1 Å². The quantitative estimate of drug-likeness (QED) is 0.817. The minimum Gasteiger partial charge on any atom is -0.324 e. The third-order valence-electron chi connectivity index (χ3n) is 2.45. The molecule has 1 heterocycles. The van der Waals surface area contributed by atoms with Crippen molar-refractivity contribution in [2.45, 2.75) is 17.9 Å². The average Bonchev–Trinajstić information content (AvgIpc) is 2.74. The second-order valence-corrected chi connectivity index (χ2v) is 5.75. The van der Waals surface area contributed by atoms with Gasteiger partial charge in [0.05, 0.1) is 11.9 Å². The van der Waals surface area contributed by atoms with E-state index in [1.807, 2.05) is 6.92 Å². The first-order chi connectivity index (χ1) is 8.88. The molecule has 0 spiro atoms. The molecule has 0 radical (unpaired) electrons. The Kier molecular flexibility index (Phi) is 3.49. The molecule has 2 aromatic rings. The smallest absolute Gasteiger partial charge is 0.277 e. The molecule has 0 aliphatic rings. The summed E-state index contributed by atoms with van der Waals surface area (Å²) in [6, 6.07) is 6.16. The Labute approximate surface area is 110 Å². The van der Waals surface area contributed by atoms with Gasteiger partial charge in [0, 0.05) is 6.04 Å². The van der Waals surface area contributed by atoms with Crippen molar-refractivity contribution in [2.24, 2.45) is 12.8 Å². The predicted octanol–water partition coefficient (Wildman–Crippen LogP) is 0.0306. The topological polar surface area (TPSA) is 116 Å². The van der Waals surface area contributed by atoms with E-state index in [9.17, 15) is 8.42 Å². The maximum Gasteiger partial charge on any atom is 0.277 e. The summed E-state index contributed by atoms with van der Waals surface area (Å²) < 4.78 is 26.3. The Hall–Kier alpha value is -2.00. The largest absolute Gasteiger partial charge is 0.324 e. The zero-order valence-corrected chi connectivity index (χ0v) is 11.3. The third kappa shape index (κ3) is 3.06. The third-order valence-corrected chi connectivity index (χ3v) is 3.79. The highest BCUT2D eigenvalue weighted by molar-refractivity contribution is 7.92. The molecule has 1 aromatic heterocycles. The first-order valence-electron chi connectivity index (χ1n) is 5.51. The number of anilines is 1. The molecular weight excluding hydrogens is 268 g/mol. The summed E-state index contributed by atoms with van der Waals surface area (Å²) in [5.41, 5.74) is 6.56. The molecule has 0 aliphatic heterocycles. The second kappa shape index (κ2) is 4.94. The second-order valence-electron chi connectivity index (χ2n) is 4.07. The Balaban J connectivity index is 2.24. The molecule has 2 rings (SSSR count). The highest BCUT2D eigenvalue weighted by Gasteiger charge is 2.16. The molecule has 0 fully saturated rings. The van der Waals surface area contributed by atoms with Crippen molar-refractivity contribution in [3.8, 4) is 0 Å². The lowest BCUT2D eigenvalue weighted by atomic mass is 10.1. The van der Waals surface area contributed by atoms with Gasteiger partial charge in [-0.05, 0) is 29.8 Å². The minimum atomic E-state index is -3.71. The number of hydrogen-bond acceptors (Lipinski definition) is 6. The fourth-order valence-electron chi connectivity index (χ4n) is 1.45. The van der Waals surface area contributed by atoms with Crippen LogP contribution in [0.3, 0.4) is 0 Å². The number of nitrogens with one attached hydrogen (secondary N) is 1. The van der Waals surface area contributed by atoms with Crippen molar-refractivity contribution in [1.29, 1.82) is 0 Å². The molecule has 19 heavy (non-hydrogen) atoms. The molecule has 3 N–H and O–H groups in total. The Morgan fingerprint density at radius 2 is 1.95 bits per heavy atom. The molecular formula is C10H14N6O2S. The summed E-state index contributed by atoms with van der Waals surface area (Å²) >= 11 is 0. The van der Waals surface area contributed by atoms with E-state index in [4.69, 9.17) is 5.73 Å². The molecule has 0 unspecified atom stereocenters. The summed E-state index contributed by atoms with van der Waals surface area (Å²) in [4.78, 5) is 1.28.